The maximum Gasteiger partial charge on any atom is 0.387 e. The molecular formula is C21H23F3N4O2. The molecule has 9 heteroatoms. The van der Waals surface area contributed by atoms with Gasteiger partial charge in [0.05, 0.1) is 7.11 Å². The fourth-order valence-corrected chi connectivity index (χ4v) is 3.11. The third-order valence-electron chi connectivity index (χ3n) is 4.54. The first kappa shape index (κ1) is 21.4. The van der Waals surface area contributed by atoms with E-state index < -0.39 is 6.61 Å². The molecule has 160 valence electrons. The summed E-state index contributed by atoms with van der Waals surface area (Å²) in [5, 5.41) is 7.30. The Kier molecular flexibility index (Phi) is 7.05. The molecule has 0 saturated heterocycles. The van der Waals surface area contributed by atoms with Gasteiger partial charge in [-0.2, -0.15) is 8.78 Å². The van der Waals surface area contributed by atoms with E-state index in [2.05, 4.69) is 25.3 Å². The van der Waals surface area contributed by atoms with Crippen LogP contribution < -0.4 is 20.1 Å². The number of rotatable bonds is 8. The minimum Gasteiger partial charge on any atom is -0.493 e. The van der Waals surface area contributed by atoms with E-state index in [0.717, 1.165) is 22.0 Å². The highest BCUT2D eigenvalue weighted by molar-refractivity contribution is 5.83. The molecule has 0 atom stereocenters. The first-order valence-corrected chi connectivity index (χ1v) is 9.32. The summed E-state index contributed by atoms with van der Waals surface area (Å²) in [7, 11) is 3.03. The number of H-pyrrole nitrogens is 1. The van der Waals surface area contributed by atoms with Crippen LogP contribution in [0.4, 0.5) is 13.2 Å². The molecule has 3 aromatic rings. The number of guanidine groups is 1. The number of alkyl halides is 2. The molecular weight excluding hydrogens is 397 g/mol. The molecule has 0 saturated carbocycles. The van der Waals surface area contributed by atoms with Crippen LogP contribution in [0.25, 0.3) is 10.9 Å². The van der Waals surface area contributed by atoms with Gasteiger partial charge < -0.3 is 25.1 Å². The second-order valence-corrected chi connectivity index (χ2v) is 6.47. The van der Waals surface area contributed by atoms with E-state index in [1.165, 1.54) is 25.3 Å². The summed E-state index contributed by atoms with van der Waals surface area (Å²) >= 11 is 0. The molecule has 0 fully saturated rings. The summed E-state index contributed by atoms with van der Waals surface area (Å²) in [4.78, 5) is 7.23. The highest BCUT2D eigenvalue weighted by atomic mass is 19.3. The number of hydrogen-bond donors (Lipinski definition) is 3. The number of nitrogens with one attached hydrogen (secondary N) is 3. The van der Waals surface area contributed by atoms with Crippen molar-refractivity contribution in [2.45, 2.75) is 19.6 Å². The average molecular weight is 420 g/mol. The minimum atomic E-state index is -2.93. The van der Waals surface area contributed by atoms with E-state index in [1.54, 1.807) is 25.2 Å². The zero-order valence-electron chi connectivity index (χ0n) is 16.6. The highest BCUT2D eigenvalue weighted by Crippen LogP contribution is 2.29. The lowest BCUT2D eigenvalue weighted by atomic mass is 10.1. The van der Waals surface area contributed by atoms with Gasteiger partial charge in [0.2, 0.25) is 0 Å². The van der Waals surface area contributed by atoms with Gasteiger partial charge in [-0.3, -0.25) is 4.99 Å². The van der Waals surface area contributed by atoms with E-state index >= 15 is 0 Å². The molecule has 6 nitrogen and oxygen atoms in total. The van der Waals surface area contributed by atoms with Crippen molar-refractivity contribution in [3.8, 4) is 11.5 Å². The number of benzene rings is 2. The lowest BCUT2D eigenvalue weighted by Crippen LogP contribution is -2.37. The van der Waals surface area contributed by atoms with Gasteiger partial charge in [0.15, 0.2) is 17.5 Å². The average Bonchev–Trinajstić information content (AvgIpc) is 3.12. The quantitative estimate of drug-likeness (QED) is 0.383. The maximum atomic E-state index is 13.3. The van der Waals surface area contributed by atoms with Crippen LogP contribution in [-0.2, 0) is 13.0 Å². The fourth-order valence-electron chi connectivity index (χ4n) is 3.11. The van der Waals surface area contributed by atoms with Crippen LogP contribution in [-0.4, -0.2) is 38.3 Å². The van der Waals surface area contributed by atoms with Crippen LogP contribution >= 0.6 is 0 Å². The lowest BCUT2D eigenvalue weighted by Gasteiger charge is -2.14. The SMILES string of the molecule is CN=C(NCCc1c[nH]c2cc(F)ccc12)NCc1ccc(OC)c(OC(F)F)c1. The number of fused-ring (bicyclic) bond motifs is 1. The normalized spacial score (nSPS) is 11.7. The Morgan fingerprint density at radius 2 is 1.97 bits per heavy atom. The highest BCUT2D eigenvalue weighted by Gasteiger charge is 2.11. The molecule has 0 amide bonds. The Morgan fingerprint density at radius 1 is 1.13 bits per heavy atom. The maximum absolute atomic E-state index is 13.3. The minimum absolute atomic E-state index is 0.0227. The topological polar surface area (TPSA) is 70.7 Å². The Hall–Kier alpha value is -3.36. The van der Waals surface area contributed by atoms with Gasteiger partial charge in [-0.15, -0.1) is 0 Å². The summed E-state index contributed by atoms with van der Waals surface area (Å²) < 4.78 is 48.0. The number of aromatic nitrogens is 1. The number of aromatic amines is 1. The van der Waals surface area contributed by atoms with Gasteiger partial charge in [-0.1, -0.05) is 6.07 Å². The van der Waals surface area contributed by atoms with Crippen LogP contribution in [0.3, 0.4) is 0 Å². The summed E-state index contributed by atoms with van der Waals surface area (Å²) in [6, 6.07) is 9.48. The van der Waals surface area contributed by atoms with E-state index in [9.17, 15) is 13.2 Å². The third-order valence-corrected chi connectivity index (χ3v) is 4.54. The Labute approximate surface area is 172 Å². The van der Waals surface area contributed by atoms with Gasteiger partial charge in [-0.25, -0.2) is 4.39 Å². The van der Waals surface area contributed by atoms with Crippen molar-refractivity contribution in [3.63, 3.8) is 0 Å². The summed E-state index contributed by atoms with van der Waals surface area (Å²) in [5.41, 5.74) is 2.55. The molecule has 0 unspecified atom stereocenters. The van der Waals surface area contributed by atoms with Crippen molar-refractivity contribution < 1.29 is 22.6 Å². The number of ether oxygens (including phenoxy) is 2. The van der Waals surface area contributed by atoms with E-state index in [4.69, 9.17) is 4.74 Å². The van der Waals surface area contributed by atoms with Crippen molar-refractivity contribution in [1.29, 1.82) is 0 Å². The Morgan fingerprint density at radius 3 is 2.70 bits per heavy atom. The van der Waals surface area contributed by atoms with Gasteiger partial charge in [0, 0.05) is 37.2 Å². The molecule has 3 N–H and O–H groups in total. The molecule has 0 aliphatic heterocycles. The lowest BCUT2D eigenvalue weighted by molar-refractivity contribution is -0.0512. The molecule has 3 rings (SSSR count). The van der Waals surface area contributed by atoms with Gasteiger partial charge in [-0.05, 0) is 47.9 Å². The number of nitrogens with zero attached hydrogens (tertiary/aromatic N) is 1. The van der Waals surface area contributed by atoms with Crippen molar-refractivity contribution >= 4 is 16.9 Å². The molecule has 0 aliphatic rings. The van der Waals surface area contributed by atoms with E-state index in [-0.39, 0.29) is 17.3 Å². The van der Waals surface area contributed by atoms with Crippen LogP contribution in [0, 0.1) is 5.82 Å². The fraction of sp³-hybridized carbons (Fsp3) is 0.286. The molecule has 2 aromatic carbocycles. The molecule has 0 aliphatic carbocycles. The van der Waals surface area contributed by atoms with Crippen LogP contribution in [0.1, 0.15) is 11.1 Å². The van der Waals surface area contributed by atoms with Crippen LogP contribution in [0.5, 0.6) is 11.5 Å². The first-order valence-electron chi connectivity index (χ1n) is 9.32. The smallest absolute Gasteiger partial charge is 0.387 e. The monoisotopic (exact) mass is 420 g/mol. The Balaban J connectivity index is 1.54. The second kappa shape index (κ2) is 9.91. The first-order chi connectivity index (χ1) is 14.5. The second-order valence-electron chi connectivity index (χ2n) is 6.47. The molecule has 1 aromatic heterocycles. The third kappa shape index (κ3) is 5.37. The van der Waals surface area contributed by atoms with Crippen LogP contribution in [0.2, 0.25) is 0 Å². The van der Waals surface area contributed by atoms with Crippen molar-refractivity contribution in [2.24, 2.45) is 4.99 Å². The van der Waals surface area contributed by atoms with Gasteiger partial charge in [0.1, 0.15) is 5.82 Å². The zero-order chi connectivity index (χ0) is 21.5. The molecule has 1 heterocycles. The number of aliphatic imine (C=N–C) groups is 1. The van der Waals surface area contributed by atoms with Gasteiger partial charge >= 0.3 is 6.61 Å². The van der Waals surface area contributed by atoms with E-state index in [1.807, 2.05) is 6.20 Å². The standard InChI is InChI=1S/C21H23F3N4O2/c1-25-21(26-8-7-14-12-27-17-10-15(22)4-5-16(14)17)28-11-13-3-6-18(29-2)19(9-13)30-20(23)24/h3-6,9-10,12,20,27H,7-8,11H2,1-2H3,(H2,25,26,28). The number of hydrogen-bond acceptors (Lipinski definition) is 3. The van der Waals surface area contributed by atoms with Crippen molar-refractivity contribution in [2.75, 3.05) is 20.7 Å². The zero-order valence-corrected chi connectivity index (χ0v) is 16.6. The van der Waals surface area contributed by atoms with E-state index in [0.29, 0.717) is 25.5 Å². The Bertz CT molecular complexity index is 1020. The van der Waals surface area contributed by atoms with Crippen LogP contribution in [0.15, 0.2) is 47.6 Å². The summed E-state index contributed by atoms with van der Waals surface area (Å²) in [5.74, 6) is 0.498. The molecule has 0 radical (unpaired) electrons. The number of methoxy groups -OCH3 is 1. The van der Waals surface area contributed by atoms with Gasteiger partial charge in [0.25, 0.3) is 0 Å². The summed E-state index contributed by atoms with van der Waals surface area (Å²) in [6.45, 7) is -1.97. The largest absolute Gasteiger partial charge is 0.493 e. The number of halogens is 3. The van der Waals surface area contributed by atoms with Crippen molar-refractivity contribution in [3.05, 3.63) is 59.5 Å². The molecule has 30 heavy (non-hydrogen) atoms. The predicted octanol–water partition coefficient (Wildman–Crippen LogP) is 3.82. The predicted molar refractivity (Wildman–Crippen MR) is 110 cm³/mol. The summed E-state index contributed by atoms with van der Waals surface area (Å²) in [6.07, 6.45) is 2.57. The van der Waals surface area contributed by atoms with Crippen molar-refractivity contribution in [1.82, 2.24) is 15.6 Å². The molecule has 0 bridgehead atoms. The molecule has 0 spiro atoms.